The molecule has 1 aromatic carbocycles. The minimum atomic E-state index is -3.04. The molecule has 3 nitrogen and oxygen atoms in total. The van der Waals surface area contributed by atoms with E-state index in [1.165, 1.54) is 31.2 Å². The van der Waals surface area contributed by atoms with Crippen molar-refractivity contribution < 1.29 is 27.8 Å². The van der Waals surface area contributed by atoms with Crippen LogP contribution in [0.2, 0.25) is 0 Å². The molecule has 0 heterocycles. The summed E-state index contributed by atoms with van der Waals surface area (Å²) in [6.07, 6.45) is -2.17. The lowest BCUT2D eigenvalue weighted by molar-refractivity contribution is -0.143. The van der Waals surface area contributed by atoms with Gasteiger partial charge in [-0.05, 0) is 6.07 Å². The predicted molar refractivity (Wildman–Crippen MR) is 54.0 cm³/mol. The van der Waals surface area contributed by atoms with E-state index in [4.69, 9.17) is 5.11 Å². The van der Waals surface area contributed by atoms with E-state index in [2.05, 4.69) is 4.74 Å². The molecule has 1 aromatic rings. The number of hydrogen-bond donors (Lipinski definition) is 1. The number of carbonyl (C=O) groups is 1. The summed E-state index contributed by atoms with van der Waals surface area (Å²) < 4.78 is 41.7. The fourth-order valence-electron chi connectivity index (χ4n) is 1.43. The number of para-hydroxylation sites is 1. The molecule has 0 saturated carbocycles. The molecule has 0 fully saturated rings. The van der Waals surface area contributed by atoms with Gasteiger partial charge >= 0.3 is 12.6 Å². The van der Waals surface area contributed by atoms with E-state index in [0.717, 1.165) is 0 Å². The van der Waals surface area contributed by atoms with E-state index >= 15 is 0 Å². The molecule has 1 N–H and O–H groups in total. The lowest BCUT2D eigenvalue weighted by Gasteiger charge is -2.17. The Morgan fingerprint density at radius 2 is 1.88 bits per heavy atom. The van der Waals surface area contributed by atoms with Gasteiger partial charge in [0.2, 0.25) is 6.17 Å². The Morgan fingerprint density at radius 3 is 2.41 bits per heavy atom. The van der Waals surface area contributed by atoms with Gasteiger partial charge in [0, 0.05) is 11.5 Å². The molecule has 94 valence electrons. The van der Waals surface area contributed by atoms with Crippen molar-refractivity contribution >= 4 is 5.97 Å². The van der Waals surface area contributed by atoms with E-state index in [1.54, 1.807) is 0 Å². The van der Waals surface area contributed by atoms with E-state index in [1.807, 2.05) is 0 Å². The van der Waals surface area contributed by atoms with Gasteiger partial charge in [-0.1, -0.05) is 25.1 Å². The first-order valence-electron chi connectivity index (χ1n) is 4.84. The standard InChI is InChI=1S/C11H11F3O3/c1-6(9(12)10(15)16)7-4-2-3-5-8(7)17-11(13)14/h2-6,9,11H,1H3,(H,15,16). The van der Waals surface area contributed by atoms with Gasteiger partial charge in [-0.3, -0.25) is 0 Å². The van der Waals surface area contributed by atoms with Crippen molar-refractivity contribution in [2.45, 2.75) is 25.6 Å². The van der Waals surface area contributed by atoms with Crippen LogP contribution >= 0.6 is 0 Å². The normalized spacial score (nSPS) is 14.4. The summed E-state index contributed by atoms with van der Waals surface area (Å²) in [6, 6.07) is 5.55. The predicted octanol–water partition coefficient (Wildman–Crippen LogP) is 2.81. The number of halogens is 3. The largest absolute Gasteiger partial charge is 0.479 e. The van der Waals surface area contributed by atoms with Crippen LogP contribution in [-0.2, 0) is 4.79 Å². The smallest absolute Gasteiger partial charge is 0.387 e. The van der Waals surface area contributed by atoms with Crippen LogP contribution in [0.4, 0.5) is 13.2 Å². The van der Waals surface area contributed by atoms with Crippen LogP contribution in [0.5, 0.6) is 5.75 Å². The highest BCUT2D eigenvalue weighted by atomic mass is 19.3. The Bertz CT molecular complexity index is 395. The van der Waals surface area contributed by atoms with Gasteiger partial charge in [0.15, 0.2) is 0 Å². The van der Waals surface area contributed by atoms with E-state index in [-0.39, 0.29) is 11.3 Å². The van der Waals surface area contributed by atoms with Crippen LogP contribution in [0.3, 0.4) is 0 Å². The Balaban J connectivity index is 3.00. The van der Waals surface area contributed by atoms with Crippen molar-refractivity contribution in [1.29, 1.82) is 0 Å². The molecule has 17 heavy (non-hydrogen) atoms. The van der Waals surface area contributed by atoms with E-state index < -0.39 is 24.7 Å². The molecule has 0 aliphatic rings. The summed E-state index contributed by atoms with van der Waals surface area (Å²) in [4.78, 5) is 10.5. The highest BCUT2D eigenvalue weighted by Gasteiger charge is 2.27. The Labute approximate surface area is 95.8 Å². The van der Waals surface area contributed by atoms with Crippen molar-refractivity contribution in [3.05, 3.63) is 29.8 Å². The summed E-state index contributed by atoms with van der Waals surface area (Å²) in [5, 5.41) is 8.52. The minimum absolute atomic E-state index is 0.0997. The maximum atomic E-state index is 13.3. The maximum absolute atomic E-state index is 13.3. The fraction of sp³-hybridized carbons (Fsp3) is 0.364. The molecular weight excluding hydrogens is 237 g/mol. The van der Waals surface area contributed by atoms with E-state index in [9.17, 15) is 18.0 Å². The lowest BCUT2D eigenvalue weighted by atomic mass is 9.95. The first-order chi connectivity index (χ1) is 7.93. The second-order valence-corrected chi connectivity index (χ2v) is 3.45. The Hall–Kier alpha value is -1.72. The number of ether oxygens (including phenoxy) is 1. The highest BCUT2D eigenvalue weighted by molar-refractivity contribution is 5.73. The molecule has 0 aromatic heterocycles. The van der Waals surface area contributed by atoms with Crippen molar-refractivity contribution in [3.8, 4) is 5.75 Å². The van der Waals surface area contributed by atoms with Crippen LogP contribution in [0.15, 0.2) is 24.3 Å². The summed E-state index contributed by atoms with van der Waals surface area (Å²) in [6.45, 7) is -1.74. The van der Waals surface area contributed by atoms with E-state index in [0.29, 0.717) is 0 Å². The molecule has 1 rings (SSSR count). The second kappa shape index (κ2) is 5.56. The second-order valence-electron chi connectivity index (χ2n) is 3.45. The zero-order valence-corrected chi connectivity index (χ0v) is 8.94. The summed E-state index contributed by atoms with van der Waals surface area (Å²) in [5.74, 6) is -2.91. The van der Waals surface area contributed by atoms with Gasteiger partial charge in [-0.2, -0.15) is 8.78 Å². The Kier molecular flexibility index (Phi) is 4.37. The summed E-state index contributed by atoms with van der Waals surface area (Å²) in [7, 11) is 0. The average Bonchev–Trinajstić information content (AvgIpc) is 2.27. The van der Waals surface area contributed by atoms with Crippen LogP contribution in [-0.4, -0.2) is 23.9 Å². The van der Waals surface area contributed by atoms with Gasteiger partial charge in [0.1, 0.15) is 5.75 Å². The molecule has 2 unspecified atom stereocenters. The summed E-state index contributed by atoms with van der Waals surface area (Å²) >= 11 is 0. The summed E-state index contributed by atoms with van der Waals surface area (Å²) in [5.41, 5.74) is 0.0997. The molecule has 0 spiro atoms. The quantitative estimate of drug-likeness (QED) is 0.871. The van der Waals surface area contributed by atoms with Gasteiger partial charge in [-0.25, -0.2) is 9.18 Å². The molecule has 0 saturated heterocycles. The number of hydrogen-bond acceptors (Lipinski definition) is 2. The SMILES string of the molecule is CC(c1ccccc1OC(F)F)C(F)C(=O)O. The van der Waals surface area contributed by atoms with Gasteiger partial charge in [-0.15, -0.1) is 0 Å². The molecule has 0 bridgehead atoms. The molecule has 2 atom stereocenters. The molecule has 0 aliphatic heterocycles. The van der Waals surface area contributed by atoms with Gasteiger partial charge in [0.25, 0.3) is 0 Å². The first kappa shape index (κ1) is 13.3. The lowest BCUT2D eigenvalue weighted by Crippen LogP contribution is -2.22. The van der Waals surface area contributed by atoms with Crippen molar-refractivity contribution in [3.63, 3.8) is 0 Å². The van der Waals surface area contributed by atoms with Crippen LogP contribution in [0, 0.1) is 0 Å². The third-order valence-corrected chi connectivity index (χ3v) is 2.30. The first-order valence-corrected chi connectivity index (χ1v) is 4.84. The van der Waals surface area contributed by atoms with Crippen molar-refractivity contribution in [2.75, 3.05) is 0 Å². The Morgan fingerprint density at radius 1 is 1.29 bits per heavy atom. The zero-order chi connectivity index (χ0) is 13.0. The third-order valence-electron chi connectivity index (χ3n) is 2.30. The fourth-order valence-corrected chi connectivity index (χ4v) is 1.43. The van der Waals surface area contributed by atoms with Crippen molar-refractivity contribution in [1.82, 2.24) is 0 Å². The number of rotatable bonds is 5. The number of benzene rings is 1. The maximum Gasteiger partial charge on any atom is 0.387 e. The monoisotopic (exact) mass is 248 g/mol. The average molecular weight is 248 g/mol. The zero-order valence-electron chi connectivity index (χ0n) is 8.94. The highest BCUT2D eigenvalue weighted by Crippen LogP contribution is 2.31. The van der Waals surface area contributed by atoms with Gasteiger partial charge in [0.05, 0.1) is 0 Å². The minimum Gasteiger partial charge on any atom is -0.479 e. The molecular formula is C11H11F3O3. The van der Waals surface area contributed by atoms with Crippen LogP contribution < -0.4 is 4.74 Å². The number of aliphatic carboxylic acids is 1. The number of alkyl halides is 3. The third kappa shape index (κ3) is 3.37. The topological polar surface area (TPSA) is 46.5 Å². The molecule has 0 radical (unpaired) electrons. The molecule has 6 heteroatoms. The molecule has 0 aliphatic carbocycles. The number of carboxylic acid groups (broad SMARTS) is 1. The molecule has 0 amide bonds. The van der Waals surface area contributed by atoms with Crippen LogP contribution in [0.1, 0.15) is 18.4 Å². The van der Waals surface area contributed by atoms with Gasteiger partial charge < -0.3 is 9.84 Å². The van der Waals surface area contributed by atoms with Crippen molar-refractivity contribution in [2.24, 2.45) is 0 Å². The van der Waals surface area contributed by atoms with Crippen LogP contribution in [0.25, 0.3) is 0 Å². The number of carboxylic acids is 1.